The number of carbonyl (C=O) groups is 1. The second kappa shape index (κ2) is 6.49. The molecule has 0 unspecified atom stereocenters. The highest BCUT2D eigenvalue weighted by Crippen LogP contribution is 2.31. The van der Waals surface area contributed by atoms with Crippen molar-refractivity contribution in [1.29, 1.82) is 0 Å². The molecule has 2 aromatic carbocycles. The van der Waals surface area contributed by atoms with Crippen LogP contribution in [0, 0.1) is 0 Å². The number of hydrogen-bond acceptors (Lipinski definition) is 4. The molecule has 3 rings (SSSR count). The molecule has 0 spiro atoms. The molecule has 7 heteroatoms. The van der Waals surface area contributed by atoms with E-state index in [1.165, 1.54) is 10.6 Å². The lowest BCUT2D eigenvalue weighted by Gasteiger charge is -2.16. The van der Waals surface area contributed by atoms with E-state index >= 15 is 0 Å². The average molecular weight is 362 g/mol. The van der Waals surface area contributed by atoms with E-state index in [0.717, 1.165) is 16.1 Å². The Balaban J connectivity index is 1.79. The highest BCUT2D eigenvalue weighted by molar-refractivity contribution is 7.98. The van der Waals surface area contributed by atoms with Crippen molar-refractivity contribution in [2.24, 2.45) is 0 Å². The van der Waals surface area contributed by atoms with Crippen molar-refractivity contribution in [3.05, 3.63) is 53.6 Å². The SMILES string of the molecule is CSc1ccc(NC(=O)c2ccc3c(c2)CCN3S(C)(=O)=O)cc1. The maximum Gasteiger partial charge on any atom is 0.255 e. The molecule has 1 amide bonds. The van der Waals surface area contributed by atoms with Crippen LogP contribution in [0.5, 0.6) is 0 Å². The number of sulfonamides is 1. The Morgan fingerprint density at radius 3 is 2.50 bits per heavy atom. The van der Waals surface area contributed by atoms with Gasteiger partial charge in [0.2, 0.25) is 10.0 Å². The van der Waals surface area contributed by atoms with Gasteiger partial charge in [0.05, 0.1) is 11.9 Å². The van der Waals surface area contributed by atoms with E-state index in [1.54, 1.807) is 30.0 Å². The zero-order valence-corrected chi connectivity index (χ0v) is 15.1. The third kappa shape index (κ3) is 3.42. The first kappa shape index (κ1) is 16.9. The Kier molecular flexibility index (Phi) is 4.56. The number of anilines is 2. The summed E-state index contributed by atoms with van der Waals surface area (Å²) in [6.45, 7) is 0.426. The van der Waals surface area contributed by atoms with Gasteiger partial charge in [0.1, 0.15) is 0 Å². The highest BCUT2D eigenvalue weighted by atomic mass is 32.2. The van der Waals surface area contributed by atoms with E-state index < -0.39 is 10.0 Å². The smallest absolute Gasteiger partial charge is 0.255 e. The lowest BCUT2D eigenvalue weighted by molar-refractivity contribution is 0.102. The third-order valence-corrected chi connectivity index (χ3v) is 5.87. The summed E-state index contributed by atoms with van der Waals surface area (Å²) < 4.78 is 24.9. The summed E-state index contributed by atoms with van der Waals surface area (Å²) in [6, 6.07) is 12.8. The molecule has 126 valence electrons. The predicted octanol–water partition coefficient (Wildman–Crippen LogP) is 2.98. The number of carbonyl (C=O) groups excluding carboxylic acids is 1. The quantitative estimate of drug-likeness (QED) is 0.849. The Morgan fingerprint density at radius 1 is 1.17 bits per heavy atom. The minimum atomic E-state index is -3.27. The van der Waals surface area contributed by atoms with Crippen LogP contribution in [0.3, 0.4) is 0 Å². The van der Waals surface area contributed by atoms with Crippen LogP contribution in [-0.2, 0) is 16.4 Å². The summed E-state index contributed by atoms with van der Waals surface area (Å²) >= 11 is 1.64. The molecule has 1 aliphatic heterocycles. The fourth-order valence-corrected chi connectivity index (χ4v) is 4.10. The zero-order valence-electron chi connectivity index (χ0n) is 13.4. The molecule has 1 heterocycles. The molecule has 0 bridgehead atoms. The number of hydrogen-bond donors (Lipinski definition) is 1. The molecule has 0 aromatic heterocycles. The molecule has 0 saturated heterocycles. The van der Waals surface area contributed by atoms with Gasteiger partial charge in [-0.3, -0.25) is 9.10 Å². The zero-order chi connectivity index (χ0) is 17.3. The van der Waals surface area contributed by atoms with Crippen LogP contribution in [0.2, 0.25) is 0 Å². The number of amides is 1. The second-order valence-corrected chi connectivity index (χ2v) is 8.40. The first-order valence-electron chi connectivity index (χ1n) is 7.44. The number of nitrogens with one attached hydrogen (secondary N) is 1. The Labute approximate surface area is 146 Å². The van der Waals surface area contributed by atoms with Crippen LogP contribution in [0.4, 0.5) is 11.4 Å². The molecule has 1 aliphatic rings. The molecule has 24 heavy (non-hydrogen) atoms. The number of benzene rings is 2. The first-order valence-corrected chi connectivity index (χ1v) is 10.5. The first-order chi connectivity index (χ1) is 11.4. The third-order valence-electron chi connectivity index (χ3n) is 3.94. The average Bonchev–Trinajstić information content (AvgIpc) is 2.98. The van der Waals surface area contributed by atoms with Crippen LogP contribution in [-0.4, -0.2) is 33.4 Å². The topological polar surface area (TPSA) is 66.5 Å². The molecule has 1 N–H and O–H groups in total. The maximum absolute atomic E-state index is 12.4. The van der Waals surface area contributed by atoms with E-state index in [9.17, 15) is 13.2 Å². The number of rotatable bonds is 4. The standard InChI is InChI=1S/C17H18N2O3S2/c1-23-15-6-4-14(5-7-15)18-17(20)13-3-8-16-12(11-13)9-10-19(16)24(2,21)22/h3-8,11H,9-10H2,1-2H3,(H,18,20). The van der Waals surface area contributed by atoms with Gasteiger partial charge in [-0.1, -0.05) is 0 Å². The fraction of sp³-hybridized carbons (Fsp3) is 0.235. The van der Waals surface area contributed by atoms with Crippen molar-refractivity contribution in [2.75, 3.05) is 28.7 Å². The fourth-order valence-electron chi connectivity index (χ4n) is 2.73. The highest BCUT2D eigenvalue weighted by Gasteiger charge is 2.26. The molecular weight excluding hydrogens is 344 g/mol. The van der Waals surface area contributed by atoms with Gasteiger partial charge in [0.25, 0.3) is 5.91 Å². The Bertz CT molecular complexity index is 877. The summed E-state index contributed by atoms with van der Waals surface area (Å²) in [6.07, 6.45) is 3.81. The van der Waals surface area contributed by atoms with Gasteiger partial charge in [-0.2, -0.15) is 0 Å². The monoisotopic (exact) mass is 362 g/mol. The van der Waals surface area contributed by atoms with Gasteiger partial charge in [-0.15, -0.1) is 11.8 Å². The minimum Gasteiger partial charge on any atom is -0.322 e. The summed E-state index contributed by atoms with van der Waals surface area (Å²) in [4.78, 5) is 13.5. The molecule has 0 aliphatic carbocycles. The summed E-state index contributed by atoms with van der Waals surface area (Å²) in [7, 11) is -3.27. The van der Waals surface area contributed by atoms with Gasteiger partial charge < -0.3 is 5.32 Å². The second-order valence-electron chi connectivity index (χ2n) is 5.61. The van der Waals surface area contributed by atoms with Crippen LogP contribution in [0.1, 0.15) is 15.9 Å². The van der Waals surface area contributed by atoms with Gasteiger partial charge in [0, 0.05) is 22.7 Å². The molecular formula is C17H18N2O3S2. The van der Waals surface area contributed by atoms with E-state index in [-0.39, 0.29) is 5.91 Å². The van der Waals surface area contributed by atoms with E-state index in [2.05, 4.69) is 5.32 Å². The summed E-state index contributed by atoms with van der Waals surface area (Å²) in [5, 5.41) is 2.86. The van der Waals surface area contributed by atoms with Crippen molar-refractivity contribution in [2.45, 2.75) is 11.3 Å². The molecule has 5 nitrogen and oxygen atoms in total. The largest absolute Gasteiger partial charge is 0.322 e. The van der Waals surface area contributed by atoms with E-state index in [0.29, 0.717) is 24.2 Å². The van der Waals surface area contributed by atoms with Crippen molar-refractivity contribution in [3.8, 4) is 0 Å². The lowest BCUT2D eigenvalue weighted by Crippen LogP contribution is -2.27. The minimum absolute atomic E-state index is 0.201. The molecule has 0 radical (unpaired) electrons. The van der Waals surface area contributed by atoms with Gasteiger partial charge in [-0.25, -0.2) is 8.42 Å². The van der Waals surface area contributed by atoms with Gasteiger partial charge >= 0.3 is 0 Å². The normalized spacial score (nSPS) is 13.7. The van der Waals surface area contributed by atoms with Crippen LogP contribution >= 0.6 is 11.8 Å². The van der Waals surface area contributed by atoms with Crippen molar-refractivity contribution >= 4 is 39.1 Å². The van der Waals surface area contributed by atoms with Crippen molar-refractivity contribution in [3.63, 3.8) is 0 Å². The number of nitrogens with zero attached hydrogens (tertiary/aromatic N) is 1. The van der Waals surface area contributed by atoms with Gasteiger partial charge in [-0.05, 0) is 60.7 Å². The van der Waals surface area contributed by atoms with Crippen molar-refractivity contribution < 1.29 is 13.2 Å². The van der Waals surface area contributed by atoms with Crippen molar-refractivity contribution in [1.82, 2.24) is 0 Å². The lowest BCUT2D eigenvalue weighted by atomic mass is 10.1. The Morgan fingerprint density at radius 2 is 1.88 bits per heavy atom. The molecule has 0 atom stereocenters. The summed E-state index contributed by atoms with van der Waals surface area (Å²) in [5.74, 6) is -0.201. The summed E-state index contributed by atoms with van der Waals surface area (Å²) in [5.41, 5.74) is 2.80. The number of thioether (sulfide) groups is 1. The van der Waals surface area contributed by atoms with Crippen LogP contribution < -0.4 is 9.62 Å². The number of fused-ring (bicyclic) bond motifs is 1. The van der Waals surface area contributed by atoms with E-state index in [4.69, 9.17) is 0 Å². The maximum atomic E-state index is 12.4. The van der Waals surface area contributed by atoms with Gasteiger partial charge in [0.15, 0.2) is 0 Å². The van der Waals surface area contributed by atoms with Crippen LogP contribution in [0.25, 0.3) is 0 Å². The van der Waals surface area contributed by atoms with Crippen LogP contribution in [0.15, 0.2) is 47.4 Å². The Hall–Kier alpha value is -1.99. The molecule has 0 saturated carbocycles. The predicted molar refractivity (Wildman–Crippen MR) is 98.5 cm³/mol. The molecule has 0 fully saturated rings. The van der Waals surface area contributed by atoms with E-state index in [1.807, 2.05) is 30.5 Å². The molecule has 2 aromatic rings.